The summed E-state index contributed by atoms with van der Waals surface area (Å²) in [6.45, 7) is 10.9. The van der Waals surface area contributed by atoms with Gasteiger partial charge in [-0.25, -0.2) is 0 Å². The van der Waals surface area contributed by atoms with Crippen LogP contribution in [0.25, 0.3) is 0 Å². The van der Waals surface area contributed by atoms with Crippen molar-refractivity contribution in [3.05, 3.63) is 22.4 Å². The Morgan fingerprint density at radius 1 is 1.29 bits per heavy atom. The first-order valence-electron chi connectivity index (χ1n) is 7.23. The second-order valence-corrected chi connectivity index (χ2v) is 8.37. The minimum absolute atomic E-state index is 0.0201. The van der Waals surface area contributed by atoms with Crippen LogP contribution in [-0.4, -0.2) is 35.8 Å². The third-order valence-corrected chi connectivity index (χ3v) is 5.07. The van der Waals surface area contributed by atoms with Gasteiger partial charge < -0.3 is 10.2 Å². The minimum Gasteiger partial charge on any atom is -0.342 e. The molecule has 1 saturated heterocycles. The van der Waals surface area contributed by atoms with Gasteiger partial charge in [0.2, 0.25) is 11.8 Å². The summed E-state index contributed by atoms with van der Waals surface area (Å²) in [6.07, 6.45) is 0. The Hall–Kier alpha value is -1.36. The molecule has 1 aliphatic heterocycles. The molecule has 2 rings (SSSR count). The van der Waals surface area contributed by atoms with E-state index in [1.807, 2.05) is 32.2 Å². The van der Waals surface area contributed by atoms with Gasteiger partial charge in [-0.2, -0.15) is 0 Å². The Morgan fingerprint density at radius 3 is 2.48 bits per heavy atom. The lowest BCUT2D eigenvalue weighted by Crippen LogP contribution is -2.63. The molecule has 0 spiro atoms. The fourth-order valence-electron chi connectivity index (χ4n) is 2.64. The van der Waals surface area contributed by atoms with Crippen LogP contribution in [0.2, 0.25) is 0 Å². The molecule has 0 bridgehead atoms. The van der Waals surface area contributed by atoms with Gasteiger partial charge in [-0.1, -0.05) is 40.7 Å². The van der Waals surface area contributed by atoms with Crippen LogP contribution in [0.5, 0.6) is 0 Å². The van der Waals surface area contributed by atoms with Crippen LogP contribution in [0.1, 0.15) is 39.5 Å². The summed E-state index contributed by atoms with van der Waals surface area (Å²) >= 11 is 1.69. The third kappa shape index (κ3) is 3.46. The molecule has 1 aromatic heterocycles. The SMILES string of the molecule is CC(C)(CN1CC(=O)NC(C(C)(C)C)C1=O)c1cccs1. The van der Waals surface area contributed by atoms with Gasteiger partial charge in [-0.05, 0) is 16.9 Å². The third-order valence-electron chi connectivity index (χ3n) is 3.84. The Bertz CT molecular complexity index is 529. The second-order valence-electron chi connectivity index (χ2n) is 7.42. The van der Waals surface area contributed by atoms with E-state index in [0.29, 0.717) is 6.54 Å². The summed E-state index contributed by atoms with van der Waals surface area (Å²) in [5.41, 5.74) is -0.428. The normalized spacial score (nSPS) is 20.6. The molecule has 1 unspecified atom stereocenters. The molecule has 0 aliphatic carbocycles. The summed E-state index contributed by atoms with van der Waals surface area (Å²) in [6, 6.07) is 3.66. The monoisotopic (exact) mass is 308 g/mol. The van der Waals surface area contributed by atoms with Crippen molar-refractivity contribution in [2.45, 2.75) is 46.1 Å². The fraction of sp³-hybridized carbons (Fsp3) is 0.625. The summed E-state index contributed by atoms with van der Waals surface area (Å²) in [5.74, 6) is -0.0526. The van der Waals surface area contributed by atoms with Gasteiger partial charge in [0, 0.05) is 16.8 Å². The maximum absolute atomic E-state index is 12.7. The van der Waals surface area contributed by atoms with Crippen LogP contribution < -0.4 is 5.32 Å². The first kappa shape index (κ1) is 16.0. The summed E-state index contributed by atoms with van der Waals surface area (Å²) in [4.78, 5) is 27.6. The Morgan fingerprint density at radius 2 is 1.95 bits per heavy atom. The number of amides is 2. The highest BCUT2D eigenvalue weighted by molar-refractivity contribution is 7.10. The highest BCUT2D eigenvalue weighted by Crippen LogP contribution is 2.30. The topological polar surface area (TPSA) is 49.4 Å². The predicted molar refractivity (Wildman–Crippen MR) is 85.3 cm³/mol. The molecule has 1 aromatic rings. The summed E-state index contributed by atoms with van der Waals surface area (Å²) < 4.78 is 0. The van der Waals surface area contributed by atoms with Crippen LogP contribution in [0.4, 0.5) is 0 Å². The molecule has 2 heterocycles. The largest absolute Gasteiger partial charge is 0.342 e. The van der Waals surface area contributed by atoms with Gasteiger partial charge in [0.25, 0.3) is 0 Å². The van der Waals surface area contributed by atoms with Gasteiger partial charge in [-0.3, -0.25) is 9.59 Å². The van der Waals surface area contributed by atoms with Crippen LogP contribution >= 0.6 is 11.3 Å². The maximum atomic E-state index is 12.7. The van der Waals surface area contributed by atoms with Gasteiger partial charge in [-0.15, -0.1) is 11.3 Å². The van der Waals surface area contributed by atoms with Gasteiger partial charge in [0.1, 0.15) is 6.04 Å². The van der Waals surface area contributed by atoms with Gasteiger partial charge in [0.05, 0.1) is 6.54 Å². The number of rotatable bonds is 3. The van der Waals surface area contributed by atoms with Crippen molar-refractivity contribution < 1.29 is 9.59 Å². The maximum Gasteiger partial charge on any atom is 0.246 e. The van der Waals surface area contributed by atoms with Crippen LogP contribution in [0.15, 0.2) is 17.5 Å². The molecule has 116 valence electrons. The standard InChI is InChI=1S/C16H24N2O2S/c1-15(2,3)13-14(20)18(9-12(19)17-13)10-16(4,5)11-7-6-8-21-11/h6-8,13H,9-10H2,1-5H3,(H,17,19). The fourth-order valence-corrected chi connectivity index (χ4v) is 3.49. The van der Waals surface area contributed by atoms with Crippen LogP contribution in [-0.2, 0) is 15.0 Å². The van der Waals surface area contributed by atoms with Gasteiger partial charge in [0.15, 0.2) is 0 Å². The lowest BCUT2D eigenvalue weighted by atomic mass is 9.83. The lowest BCUT2D eigenvalue weighted by molar-refractivity contribution is -0.148. The minimum atomic E-state index is -0.446. The van der Waals surface area contributed by atoms with Crippen LogP contribution in [0, 0.1) is 5.41 Å². The van der Waals surface area contributed by atoms with Crippen LogP contribution in [0.3, 0.4) is 0 Å². The smallest absolute Gasteiger partial charge is 0.246 e. The van der Waals surface area contributed by atoms with Crippen molar-refractivity contribution in [2.24, 2.45) is 5.41 Å². The van der Waals surface area contributed by atoms with E-state index < -0.39 is 6.04 Å². The van der Waals surface area contributed by atoms with E-state index in [1.165, 1.54) is 4.88 Å². The predicted octanol–water partition coefficient (Wildman–Crippen LogP) is 2.40. The number of nitrogens with one attached hydrogen (secondary N) is 1. The Labute approximate surface area is 130 Å². The molecule has 2 amide bonds. The number of piperazine rings is 1. The van der Waals surface area contributed by atoms with Crippen molar-refractivity contribution in [3.8, 4) is 0 Å². The van der Waals surface area contributed by atoms with E-state index in [1.54, 1.807) is 16.2 Å². The zero-order valence-electron chi connectivity index (χ0n) is 13.4. The average Bonchev–Trinajstić information content (AvgIpc) is 2.86. The molecular formula is C16H24N2O2S. The highest BCUT2D eigenvalue weighted by Gasteiger charge is 2.41. The molecular weight excluding hydrogens is 284 g/mol. The molecule has 1 fully saturated rings. The van der Waals surface area contributed by atoms with E-state index in [4.69, 9.17) is 0 Å². The Balaban J connectivity index is 2.19. The van der Waals surface area contributed by atoms with E-state index in [-0.39, 0.29) is 29.2 Å². The Kier molecular flexibility index (Phi) is 4.15. The van der Waals surface area contributed by atoms with E-state index >= 15 is 0 Å². The number of carbonyl (C=O) groups excluding carboxylic acids is 2. The number of hydrogen-bond acceptors (Lipinski definition) is 3. The first-order chi connectivity index (χ1) is 9.61. The van der Waals surface area contributed by atoms with Crippen molar-refractivity contribution in [2.75, 3.05) is 13.1 Å². The molecule has 1 atom stereocenters. The number of nitrogens with zero attached hydrogens (tertiary/aromatic N) is 1. The molecule has 0 radical (unpaired) electrons. The number of hydrogen-bond donors (Lipinski definition) is 1. The number of carbonyl (C=O) groups is 2. The molecule has 5 heteroatoms. The summed E-state index contributed by atoms with van der Waals surface area (Å²) in [7, 11) is 0. The summed E-state index contributed by atoms with van der Waals surface area (Å²) in [5, 5.41) is 4.87. The van der Waals surface area contributed by atoms with E-state index in [0.717, 1.165) is 0 Å². The zero-order chi connectivity index (χ0) is 15.8. The van der Waals surface area contributed by atoms with Gasteiger partial charge >= 0.3 is 0 Å². The van der Waals surface area contributed by atoms with Crippen molar-refractivity contribution in [1.29, 1.82) is 0 Å². The average molecular weight is 308 g/mol. The molecule has 0 saturated carbocycles. The second kappa shape index (κ2) is 5.44. The molecule has 1 N–H and O–H groups in total. The molecule has 0 aromatic carbocycles. The molecule has 1 aliphatic rings. The zero-order valence-corrected chi connectivity index (χ0v) is 14.2. The molecule has 21 heavy (non-hydrogen) atoms. The quantitative estimate of drug-likeness (QED) is 0.932. The van der Waals surface area contributed by atoms with E-state index in [2.05, 4.69) is 25.2 Å². The lowest BCUT2D eigenvalue weighted by Gasteiger charge is -2.41. The van der Waals surface area contributed by atoms with E-state index in [9.17, 15) is 9.59 Å². The highest BCUT2D eigenvalue weighted by atomic mass is 32.1. The van der Waals surface area contributed by atoms with Crippen molar-refractivity contribution >= 4 is 23.2 Å². The van der Waals surface area contributed by atoms with Crippen molar-refractivity contribution in [1.82, 2.24) is 10.2 Å². The molecule has 4 nitrogen and oxygen atoms in total. The first-order valence-corrected chi connectivity index (χ1v) is 8.11. The van der Waals surface area contributed by atoms with Crippen molar-refractivity contribution in [3.63, 3.8) is 0 Å². The number of thiophene rings is 1.